The van der Waals surface area contributed by atoms with Crippen molar-refractivity contribution in [3.63, 3.8) is 0 Å². The minimum atomic E-state index is -0.746. The third kappa shape index (κ3) is 2.69. The number of carbonyl (C=O) groups is 1. The topological polar surface area (TPSA) is 89.1 Å². The summed E-state index contributed by atoms with van der Waals surface area (Å²) in [7, 11) is 3.03. The first-order chi connectivity index (χ1) is 10.7. The van der Waals surface area contributed by atoms with E-state index in [4.69, 9.17) is 4.74 Å². The molecular weight excluding hydrogens is 284 g/mol. The highest BCUT2D eigenvalue weighted by atomic mass is 16.7. The van der Waals surface area contributed by atoms with Gasteiger partial charge in [-0.05, 0) is 30.3 Å². The largest absolute Gasteiger partial charge is 0.513 e. The average molecular weight is 298 g/mol. The number of ether oxygens (including phenoxy) is 2. The summed E-state index contributed by atoms with van der Waals surface area (Å²) in [5, 5.41) is 3.80. The van der Waals surface area contributed by atoms with Crippen molar-refractivity contribution in [1.82, 2.24) is 15.0 Å². The van der Waals surface area contributed by atoms with Gasteiger partial charge in [0, 0.05) is 24.1 Å². The third-order valence-corrected chi connectivity index (χ3v) is 3.12. The summed E-state index contributed by atoms with van der Waals surface area (Å²) in [6.45, 7) is 0. The van der Waals surface area contributed by atoms with E-state index in [9.17, 15) is 4.79 Å². The van der Waals surface area contributed by atoms with Gasteiger partial charge in [-0.1, -0.05) is 0 Å². The lowest BCUT2D eigenvalue weighted by Crippen LogP contribution is -2.06. The fourth-order valence-electron chi connectivity index (χ4n) is 2.08. The molecule has 2 heterocycles. The smallest absolute Gasteiger partial charge is 0.437 e. The second-order valence-electron chi connectivity index (χ2n) is 4.50. The van der Waals surface area contributed by atoms with E-state index in [1.54, 1.807) is 25.4 Å². The van der Waals surface area contributed by atoms with Crippen LogP contribution in [0.2, 0.25) is 0 Å². The van der Waals surface area contributed by atoms with Crippen LogP contribution in [0, 0.1) is 0 Å². The van der Waals surface area contributed by atoms with Crippen LogP contribution in [0.1, 0.15) is 0 Å². The van der Waals surface area contributed by atoms with Crippen LogP contribution in [0.15, 0.2) is 36.5 Å². The minimum absolute atomic E-state index is 0.420. The zero-order valence-electron chi connectivity index (χ0n) is 12.1. The SMILES string of the molecule is CNc1nccc(-c2cc3cc(OC(=O)OC)ccc3[nH]2)n1. The van der Waals surface area contributed by atoms with Gasteiger partial charge in [0.2, 0.25) is 5.95 Å². The molecule has 0 fully saturated rings. The maximum Gasteiger partial charge on any atom is 0.513 e. The van der Waals surface area contributed by atoms with E-state index >= 15 is 0 Å². The first kappa shape index (κ1) is 13.9. The van der Waals surface area contributed by atoms with Gasteiger partial charge in [-0.3, -0.25) is 0 Å². The van der Waals surface area contributed by atoms with Crippen LogP contribution in [0.5, 0.6) is 5.75 Å². The van der Waals surface area contributed by atoms with Gasteiger partial charge in [0.25, 0.3) is 0 Å². The number of hydrogen-bond acceptors (Lipinski definition) is 6. The van der Waals surface area contributed by atoms with E-state index in [-0.39, 0.29) is 0 Å². The van der Waals surface area contributed by atoms with E-state index < -0.39 is 6.16 Å². The van der Waals surface area contributed by atoms with Crippen LogP contribution in [0.25, 0.3) is 22.3 Å². The molecule has 0 spiro atoms. The van der Waals surface area contributed by atoms with Gasteiger partial charge in [-0.15, -0.1) is 0 Å². The molecule has 0 bridgehead atoms. The Labute approximate surface area is 126 Å². The summed E-state index contributed by atoms with van der Waals surface area (Å²) in [6.07, 6.45) is 0.940. The summed E-state index contributed by atoms with van der Waals surface area (Å²) in [5.41, 5.74) is 2.53. The monoisotopic (exact) mass is 298 g/mol. The number of nitrogens with one attached hydrogen (secondary N) is 2. The highest BCUT2D eigenvalue weighted by Crippen LogP contribution is 2.26. The van der Waals surface area contributed by atoms with Crippen molar-refractivity contribution < 1.29 is 14.3 Å². The second-order valence-corrected chi connectivity index (χ2v) is 4.50. The minimum Gasteiger partial charge on any atom is -0.437 e. The molecule has 2 aromatic heterocycles. The van der Waals surface area contributed by atoms with E-state index in [1.165, 1.54) is 7.11 Å². The standard InChI is InChI=1S/C15H14N4O3/c1-16-14-17-6-5-12(19-14)13-8-9-7-10(22-15(20)21-2)3-4-11(9)18-13/h3-8,18H,1-2H3,(H,16,17,19). The third-order valence-electron chi connectivity index (χ3n) is 3.12. The molecule has 0 aliphatic heterocycles. The molecule has 7 heteroatoms. The van der Waals surface area contributed by atoms with Crippen LogP contribution in [-0.4, -0.2) is 35.3 Å². The molecule has 0 unspecified atom stereocenters. The number of hydrogen-bond donors (Lipinski definition) is 2. The van der Waals surface area contributed by atoms with Gasteiger partial charge in [0.1, 0.15) is 5.75 Å². The Balaban J connectivity index is 1.97. The Hall–Kier alpha value is -3.09. The fraction of sp³-hybridized carbons (Fsp3) is 0.133. The summed E-state index contributed by atoms with van der Waals surface area (Å²) in [6, 6.07) is 9.03. The predicted octanol–water partition coefficient (Wildman–Crippen LogP) is 2.81. The Bertz CT molecular complexity index is 829. The van der Waals surface area contributed by atoms with Crippen molar-refractivity contribution in [2.45, 2.75) is 0 Å². The summed E-state index contributed by atoms with van der Waals surface area (Å²) < 4.78 is 9.49. The zero-order chi connectivity index (χ0) is 15.5. The van der Waals surface area contributed by atoms with E-state index in [0.717, 1.165) is 22.3 Å². The number of carbonyl (C=O) groups excluding carboxylic acids is 1. The number of methoxy groups -OCH3 is 1. The van der Waals surface area contributed by atoms with Gasteiger partial charge in [-0.2, -0.15) is 0 Å². The maximum atomic E-state index is 11.1. The quantitative estimate of drug-likeness (QED) is 0.571. The van der Waals surface area contributed by atoms with Gasteiger partial charge in [0.15, 0.2) is 0 Å². The van der Waals surface area contributed by atoms with E-state index in [1.807, 2.05) is 18.2 Å². The number of rotatable bonds is 3. The van der Waals surface area contributed by atoms with Crippen molar-refractivity contribution in [2.75, 3.05) is 19.5 Å². The fourth-order valence-corrected chi connectivity index (χ4v) is 2.08. The molecule has 1 aromatic carbocycles. The summed E-state index contributed by atoms with van der Waals surface area (Å²) >= 11 is 0. The van der Waals surface area contributed by atoms with Crippen LogP contribution >= 0.6 is 0 Å². The lowest BCUT2D eigenvalue weighted by molar-refractivity contribution is 0.121. The molecule has 0 amide bonds. The van der Waals surface area contributed by atoms with E-state index in [2.05, 4.69) is 25.0 Å². The van der Waals surface area contributed by atoms with E-state index in [0.29, 0.717) is 11.7 Å². The first-order valence-corrected chi connectivity index (χ1v) is 6.59. The molecule has 0 aliphatic rings. The predicted molar refractivity (Wildman–Crippen MR) is 81.9 cm³/mol. The molecule has 0 saturated carbocycles. The first-order valence-electron chi connectivity index (χ1n) is 6.59. The number of nitrogens with zero attached hydrogens (tertiary/aromatic N) is 2. The van der Waals surface area contributed by atoms with Crippen LogP contribution in [-0.2, 0) is 4.74 Å². The van der Waals surface area contributed by atoms with Crippen molar-refractivity contribution in [3.8, 4) is 17.1 Å². The normalized spacial score (nSPS) is 10.5. The number of benzene rings is 1. The Kier molecular flexibility index (Phi) is 3.61. The Morgan fingerprint density at radius 3 is 2.91 bits per heavy atom. The molecule has 0 atom stereocenters. The molecule has 3 rings (SSSR count). The van der Waals surface area contributed by atoms with Crippen molar-refractivity contribution in [2.24, 2.45) is 0 Å². The molecule has 0 radical (unpaired) electrons. The van der Waals surface area contributed by atoms with Crippen molar-refractivity contribution in [1.29, 1.82) is 0 Å². The van der Waals surface area contributed by atoms with Crippen LogP contribution < -0.4 is 10.1 Å². The number of H-pyrrole nitrogens is 1. The lowest BCUT2D eigenvalue weighted by atomic mass is 10.2. The summed E-state index contributed by atoms with van der Waals surface area (Å²) in [4.78, 5) is 22.9. The molecule has 7 nitrogen and oxygen atoms in total. The van der Waals surface area contributed by atoms with Gasteiger partial charge < -0.3 is 19.8 Å². The average Bonchev–Trinajstić information content (AvgIpc) is 2.98. The number of fused-ring (bicyclic) bond motifs is 1. The van der Waals surface area contributed by atoms with Crippen LogP contribution in [0.4, 0.5) is 10.7 Å². The van der Waals surface area contributed by atoms with Gasteiger partial charge in [0.05, 0.1) is 18.5 Å². The van der Waals surface area contributed by atoms with Crippen molar-refractivity contribution in [3.05, 3.63) is 36.5 Å². The molecule has 112 valence electrons. The maximum absolute atomic E-state index is 11.1. The van der Waals surface area contributed by atoms with Crippen LogP contribution in [0.3, 0.4) is 0 Å². The Morgan fingerprint density at radius 2 is 2.14 bits per heavy atom. The highest BCUT2D eigenvalue weighted by molar-refractivity contribution is 5.86. The molecule has 3 aromatic rings. The van der Waals surface area contributed by atoms with Gasteiger partial charge >= 0.3 is 6.16 Å². The van der Waals surface area contributed by atoms with Crippen molar-refractivity contribution >= 4 is 23.0 Å². The summed E-state index contributed by atoms with van der Waals surface area (Å²) in [5.74, 6) is 0.967. The molecule has 22 heavy (non-hydrogen) atoms. The van der Waals surface area contributed by atoms with Gasteiger partial charge in [-0.25, -0.2) is 14.8 Å². The Morgan fingerprint density at radius 1 is 1.27 bits per heavy atom. The number of aromatic nitrogens is 3. The zero-order valence-corrected chi connectivity index (χ0v) is 12.1. The highest BCUT2D eigenvalue weighted by Gasteiger charge is 2.09. The molecule has 2 N–H and O–H groups in total. The number of anilines is 1. The number of aromatic amines is 1. The molecule has 0 saturated heterocycles. The lowest BCUT2D eigenvalue weighted by Gasteiger charge is -2.01. The second kappa shape index (κ2) is 5.72. The molecule has 0 aliphatic carbocycles. The molecular formula is C15H14N4O3.